The summed E-state index contributed by atoms with van der Waals surface area (Å²) in [5, 5.41) is 18.2. The molecule has 0 aromatic heterocycles. The van der Waals surface area contributed by atoms with Crippen LogP contribution in [0, 0.1) is 0 Å². The number of aliphatic hydroxyl groups is 1. The number of sulfonamides is 1. The molecule has 2 atom stereocenters. The molecule has 0 unspecified atom stereocenters. The third-order valence-electron chi connectivity index (χ3n) is 2.61. The standard InChI is InChI=1S/C12H15NO7S/c1-7(14)10(11(15)16)13-21(18,19)9-6-4-3-5-8(9)12(17)20-2/h3-7,10,13-14H,1-2H3,(H,15,16)/t7-,10+/m1/s1. The van der Waals surface area contributed by atoms with Crippen LogP contribution < -0.4 is 4.72 Å². The summed E-state index contributed by atoms with van der Waals surface area (Å²) in [6.45, 7) is 1.13. The Bertz CT molecular complexity index is 639. The van der Waals surface area contributed by atoms with Gasteiger partial charge in [-0.25, -0.2) is 13.2 Å². The van der Waals surface area contributed by atoms with Gasteiger partial charge in [-0.05, 0) is 19.1 Å². The maximum absolute atomic E-state index is 12.2. The fraction of sp³-hybridized carbons (Fsp3) is 0.333. The van der Waals surface area contributed by atoms with Crippen molar-refractivity contribution in [2.45, 2.75) is 24.0 Å². The molecule has 9 heteroatoms. The minimum atomic E-state index is -4.33. The predicted octanol–water partition coefficient (Wildman–Crippen LogP) is -0.414. The normalized spacial score (nSPS) is 14.2. The highest BCUT2D eigenvalue weighted by Gasteiger charge is 2.31. The second-order valence-electron chi connectivity index (χ2n) is 4.17. The summed E-state index contributed by atoms with van der Waals surface area (Å²) in [6, 6.07) is 3.45. The lowest BCUT2D eigenvalue weighted by atomic mass is 10.2. The van der Waals surface area contributed by atoms with Crippen LogP contribution in [0.2, 0.25) is 0 Å². The van der Waals surface area contributed by atoms with Gasteiger partial charge in [0.2, 0.25) is 10.0 Å². The number of carbonyl (C=O) groups is 2. The van der Waals surface area contributed by atoms with Crippen LogP contribution in [-0.2, 0) is 19.6 Å². The third kappa shape index (κ3) is 4.00. The lowest BCUT2D eigenvalue weighted by Crippen LogP contribution is -2.47. The molecule has 21 heavy (non-hydrogen) atoms. The molecular formula is C12H15NO7S. The summed E-state index contributed by atoms with van der Waals surface area (Å²) in [6.07, 6.45) is -1.46. The van der Waals surface area contributed by atoms with Crippen LogP contribution in [0.15, 0.2) is 29.2 Å². The number of esters is 1. The monoisotopic (exact) mass is 317 g/mol. The van der Waals surface area contributed by atoms with Crippen molar-refractivity contribution in [2.24, 2.45) is 0 Å². The highest BCUT2D eigenvalue weighted by molar-refractivity contribution is 7.89. The van der Waals surface area contributed by atoms with Crippen LogP contribution in [0.25, 0.3) is 0 Å². The Kier molecular flexibility index (Phi) is 5.41. The first kappa shape index (κ1) is 17.1. The highest BCUT2D eigenvalue weighted by atomic mass is 32.2. The maximum atomic E-state index is 12.2. The number of rotatable bonds is 6. The molecule has 0 amide bonds. The number of aliphatic hydroxyl groups excluding tert-OH is 1. The van der Waals surface area contributed by atoms with Gasteiger partial charge in [-0.1, -0.05) is 12.1 Å². The zero-order valence-corrected chi connectivity index (χ0v) is 12.1. The number of methoxy groups -OCH3 is 1. The molecule has 0 saturated heterocycles. The van der Waals surface area contributed by atoms with Crippen LogP contribution in [0.4, 0.5) is 0 Å². The SMILES string of the molecule is COC(=O)c1ccccc1S(=O)(=O)N[C@H](C(=O)O)[C@@H](C)O. The first-order valence-corrected chi connectivity index (χ1v) is 7.29. The van der Waals surface area contributed by atoms with E-state index in [4.69, 9.17) is 5.11 Å². The molecular weight excluding hydrogens is 302 g/mol. The fourth-order valence-corrected chi connectivity index (χ4v) is 3.02. The van der Waals surface area contributed by atoms with Gasteiger partial charge in [0.15, 0.2) is 0 Å². The van der Waals surface area contributed by atoms with E-state index in [2.05, 4.69) is 4.74 Å². The minimum absolute atomic E-state index is 0.234. The first-order chi connectivity index (χ1) is 9.70. The third-order valence-corrected chi connectivity index (χ3v) is 4.11. The van der Waals surface area contributed by atoms with Crippen molar-refractivity contribution in [2.75, 3.05) is 7.11 Å². The van der Waals surface area contributed by atoms with Gasteiger partial charge >= 0.3 is 11.9 Å². The van der Waals surface area contributed by atoms with Gasteiger partial charge in [0.05, 0.1) is 23.7 Å². The van der Waals surface area contributed by atoms with Gasteiger partial charge in [0, 0.05) is 0 Å². The topological polar surface area (TPSA) is 130 Å². The van der Waals surface area contributed by atoms with Crippen LogP contribution >= 0.6 is 0 Å². The van der Waals surface area contributed by atoms with Crippen molar-refractivity contribution in [1.29, 1.82) is 0 Å². The van der Waals surface area contributed by atoms with Crippen molar-refractivity contribution in [3.05, 3.63) is 29.8 Å². The number of ether oxygens (including phenoxy) is 1. The molecule has 0 aliphatic carbocycles. The molecule has 1 aromatic carbocycles. The summed E-state index contributed by atoms with van der Waals surface area (Å²) in [5.74, 6) is -2.41. The maximum Gasteiger partial charge on any atom is 0.339 e. The summed E-state index contributed by atoms with van der Waals surface area (Å²) >= 11 is 0. The molecule has 0 heterocycles. The number of carboxylic acid groups (broad SMARTS) is 1. The number of carbonyl (C=O) groups excluding carboxylic acids is 1. The Balaban J connectivity index is 3.26. The van der Waals surface area contributed by atoms with E-state index in [0.29, 0.717) is 0 Å². The largest absolute Gasteiger partial charge is 0.480 e. The number of hydrogen-bond acceptors (Lipinski definition) is 6. The molecule has 0 radical (unpaired) electrons. The molecule has 1 rings (SSSR count). The van der Waals surface area contributed by atoms with Gasteiger partial charge in [-0.3, -0.25) is 4.79 Å². The Morgan fingerprint density at radius 1 is 1.29 bits per heavy atom. The van der Waals surface area contributed by atoms with Crippen molar-refractivity contribution < 1.29 is 33.0 Å². The quantitative estimate of drug-likeness (QED) is 0.608. The van der Waals surface area contributed by atoms with Gasteiger partial charge in [-0.2, -0.15) is 4.72 Å². The summed E-state index contributed by atoms with van der Waals surface area (Å²) < 4.78 is 30.7. The Hall–Kier alpha value is -1.97. The lowest BCUT2D eigenvalue weighted by Gasteiger charge is -2.18. The van der Waals surface area contributed by atoms with E-state index < -0.39 is 39.0 Å². The van der Waals surface area contributed by atoms with Crippen LogP contribution in [0.3, 0.4) is 0 Å². The second-order valence-corrected chi connectivity index (χ2v) is 5.85. The first-order valence-electron chi connectivity index (χ1n) is 5.81. The molecule has 0 fully saturated rings. The van der Waals surface area contributed by atoms with Crippen molar-refractivity contribution >= 4 is 22.0 Å². The average Bonchev–Trinajstić information content (AvgIpc) is 2.43. The van der Waals surface area contributed by atoms with Gasteiger partial charge < -0.3 is 14.9 Å². The van der Waals surface area contributed by atoms with Crippen molar-refractivity contribution in [1.82, 2.24) is 4.72 Å². The number of benzene rings is 1. The van der Waals surface area contributed by atoms with E-state index in [1.165, 1.54) is 18.2 Å². The second kappa shape index (κ2) is 6.66. The lowest BCUT2D eigenvalue weighted by molar-refractivity contribution is -0.141. The zero-order chi connectivity index (χ0) is 16.2. The molecule has 1 aromatic rings. The molecule has 116 valence electrons. The molecule has 0 saturated carbocycles. The number of aliphatic carboxylic acids is 1. The fourth-order valence-electron chi connectivity index (χ4n) is 1.57. The summed E-state index contributed by atoms with van der Waals surface area (Å²) in [4.78, 5) is 22.1. The molecule has 0 aliphatic heterocycles. The van der Waals surface area contributed by atoms with Crippen molar-refractivity contribution in [3.63, 3.8) is 0 Å². The predicted molar refractivity (Wildman–Crippen MR) is 71.2 cm³/mol. The van der Waals surface area contributed by atoms with E-state index in [9.17, 15) is 23.1 Å². The van der Waals surface area contributed by atoms with Gasteiger partial charge in [-0.15, -0.1) is 0 Å². The zero-order valence-electron chi connectivity index (χ0n) is 11.3. The van der Waals surface area contributed by atoms with Crippen LogP contribution in [0.5, 0.6) is 0 Å². The Morgan fingerprint density at radius 2 is 1.86 bits per heavy atom. The van der Waals surface area contributed by atoms with E-state index in [1.807, 2.05) is 4.72 Å². The number of hydrogen-bond donors (Lipinski definition) is 3. The Morgan fingerprint density at radius 3 is 2.33 bits per heavy atom. The van der Waals surface area contributed by atoms with E-state index in [0.717, 1.165) is 20.1 Å². The van der Waals surface area contributed by atoms with Gasteiger partial charge in [0.25, 0.3) is 0 Å². The molecule has 3 N–H and O–H groups in total. The summed E-state index contributed by atoms with van der Waals surface area (Å²) in [7, 11) is -3.23. The smallest absolute Gasteiger partial charge is 0.339 e. The van der Waals surface area contributed by atoms with E-state index >= 15 is 0 Å². The average molecular weight is 317 g/mol. The van der Waals surface area contributed by atoms with Crippen LogP contribution in [0.1, 0.15) is 17.3 Å². The number of nitrogens with one attached hydrogen (secondary N) is 1. The van der Waals surface area contributed by atoms with E-state index in [1.54, 1.807) is 0 Å². The van der Waals surface area contributed by atoms with Gasteiger partial charge in [0.1, 0.15) is 6.04 Å². The van der Waals surface area contributed by atoms with Crippen molar-refractivity contribution in [3.8, 4) is 0 Å². The highest BCUT2D eigenvalue weighted by Crippen LogP contribution is 2.17. The minimum Gasteiger partial charge on any atom is -0.480 e. The molecule has 0 bridgehead atoms. The Labute approximate surface area is 121 Å². The number of carboxylic acids is 1. The van der Waals surface area contributed by atoms with E-state index in [-0.39, 0.29) is 5.56 Å². The molecule has 8 nitrogen and oxygen atoms in total. The summed E-state index contributed by atoms with van der Waals surface area (Å²) in [5.41, 5.74) is -0.234. The van der Waals surface area contributed by atoms with Crippen LogP contribution in [-0.4, -0.2) is 49.8 Å². The molecule has 0 spiro atoms. The molecule has 0 aliphatic rings.